The maximum atomic E-state index is 12.3. The molecule has 4 nitrogen and oxygen atoms in total. The van der Waals surface area contributed by atoms with E-state index in [1.807, 2.05) is 24.0 Å². The van der Waals surface area contributed by atoms with Gasteiger partial charge in [-0.1, -0.05) is 26.0 Å². The van der Waals surface area contributed by atoms with Crippen LogP contribution >= 0.6 is 11.3 Å². The number of Topliss-reactive ketones (excluding diaryl/α,β-unsaturated/α-hetero) is 1. The van der Waals surface area contributed by atoms with Crippen LogP contribution < -0.4 is 0 Å². The molecule has 1 saturated heterocycles. The molecule has 1 aliphatic rings. The van der Waals surface area contributed by atoms with Gasteiger partial charge in [0.05, 0.1) is 23.4 Å². The molecule has 1 aliphatic heterocycles. The highest BCUT2D eigenvalue weighted by atomic mass is 32.1. The minimum atomic E-state index is 0.237. The summed E-state index contributed by atoms with van der Waals surface area (Å²) in [5.41, 5.74) is 4.20. The fourth-order valence-corrected chi connectivity index (χ4v) is 4.20. The van der Waals surface area contributed by atoms with E-state index in [-0.39, 0.29) is 5.78 Å². The molecule has 0 amide bonds. The third kappa shape index (κ3) is 3.62. The van der Waals surface area contributed by atoms with Crippen molar-refractivity contribution in [3.8, 4) is 10.4 Å². The van der Waals surface area contributed by atoms with Gasteiger partial charge in [0.2, 0.25) is 0 Å². The second-order valence-electron chi connectivity index (χ2n) is 7.63. The number of thiazole rings is 1. The summed E-state index contributed by atoms with van der Waals surface area (Å²) in [6.45, 7) is 7.01. The Balaban J connectivity index is 1.49. The highest BCUT2D eigenvalue weighted by Crippen LogP contribution is 2.29. The van der Waals surface area contributed by atoms with E-state index in [9.17, 15) is 4.79 Å². The van der Waals surface area contributed by atoms with Gasteiger partial charge in [-0.05, 0) is 28.5 Å². The van der Waals surface area contributed by atoms with E-state index in [4.69, 9.17) is 0 Å². The molecule has 4 rings (SSSR count). The molecule has 0 radical (unpaired) electrons. The number of carbonyl (C=O) groups excluding carboxylic acids is 1. The molecular weight excluding hydrogens is 330 g/mol. The van der Waals surface area contributed by atoms with Crippen LogP contribution in [-0.4, -0.2) is 40.3 Å². The zero-order valence-corrected chi connectivity index (χ0v) is 15.3. The van der Waals surface area contributed by atoms with Crippen molar-refractivity contribution in [1.29, 1.82) is 0 Å². The first-order chi connectivity index (χ1) is 12.0. The summed E-state index contributed by atoms with van der Waals surface area (Å²) in [4.78, 5) is 24.3. The molecule has 5 heteroatoms. The third-order valence-electron chi connectivity index (χ3n) is 4.58. The predicted molar refractivity (Wildman–Crippen MR) is 102 cm³/mol. The number of carbonyl (C=O) groups is 1. The van der Waals surface area contributed by atoms with Crippen LogP contribution in [0.5, 0.6) is 0 Å². The Bertz CT molecular complexity index is 910. The normalized spacial score (nSPS) is 16.7. The van der Waals surface area contributed by atoms with Crippen LogP contribution in [0, 0.1) is 5.41 Å². The smallest absolute Gasteiger partial charge is 0.152 e. The van der Waals surface area contributed by atoms with Crippen LogP contribution in [0.25, 0.3) is 21.2 Å². The molecule has 0 aliphatic carbocycles. The maximum absolute atomic E-state index is 12.3. The number of hydrogen-bond acceptors (Lipinski definition) is 5. The highest BCUT2D eigenvalue weighted by Gasteiger charge is 2.34. The Morgan fingerprint density at radius 1 is 1.20 bits per heavy atom. The second-order valence-corrected chi connectivity index (χ2v) is 8.51. The molecule has 3 heterocycles. The lowest BCUT2D eigenvalue weighted by atomic mass is 9.84. The van der Waals surface area contributed by atoms with Crippen molar-refractivity contribution < 1.29 is 4.79 Å². The van der Waals surface area contributed by atoms with E-state index in [1.165, 1.54) is 0 Å². The van der Waals surface area contributed by atoms with Crippen molar-refractivity contribution in [2.45, 2.75) is 20.3 Å². The molecule has 0 atom stereocenters. The minimum absolute atomic E-state index is 0.237. The third-order valence-corrected chi connectivity index (χ3v) is 5.40. The standard InChI is InChI=1S/C20H21N3OS/c1-20(2)11-23(12-20)10-18(24)7-17-6-16-5-14(19-9-21-13-25-19)3-4-15(16)8-22-17/h3-6,8-9,13H,7,10-12H2,1-2H3. The molecule has 1 fully saturated rings. The zero-order chi connectivity index (χ0) is 17.4. The average Bonchev–Trinajstić information content (AvgIpc) is 3.06. The first kappa shape index (κ1) is 16.4. The second kappa shape index (κ2) is 6.32. The quantitative estimate of drug-likeness (QED) is 0.701. The molecule has 128 valence electrons. The van der Waals surface area contributed by atoms with Crippen LogP contribution in [0.3, 0.4) is 0 Å². The van der Waals surface area contributed by atoms with Crippen molar-refractivity contribution in [2.24, 2.45) is 5.41 Å². The van der Waals surface area contributed by atoms with Gasteiger partial charge in [0.25, 0.3) is 0 Å². The van der Waals surface area contributed by atoms with Crippen molar-refractivity contribution in [3.63, 3.8) is 0 Å². The monoisotopic (exact) mass is 351 g/mol. The lowest BCUT2D eigenvalue weighted by Crippen LogP contribution is -2.54. The van der Waals surface area contributed by atoms with Gasteiger partial charge in [0.15, 0.2) is 5.78 Å². The zero-order valence-electron chi connectivity index (χ0n) is 14.5. The van der Waals surface area contributed by atoms with E-state index in [2.05, 4.69) is 46.9 Å². The van der Waals surface area contributed by atoms with Crippen LogP contribution in [0.15, 0.2) is 42.2 Å². The Kier molecular flexibility index (Phi) is 4.13. The summed E-state index contributed by atoms with van der Waals surface area (Å²) in [5.74, 6) is 0.237. The molecule has 3 aromatic rings. The number of rotatable bonds is 5. The van der Waals surface area contributed by atoms with Gasteiger partial charge in [0, 0.05) is 36.6 Å². The van der Waals surface area contributed by atoms with Gasteiger partial charge in [-0.3, -0.25) is 19.7 Å². The number of likely N-dealkylation sites (tertiary alicyclic amines) is 1. The number of nitrogens with zero attached hydrogens (tertiary/aromatic N) is 3. The Hall–Kier alpha value is -2.11. The summed E-state index contributed by atoms with van der Waals surface area (Å²) in [5, 5.41) is 2.21. The molecule has 0 unspecified atom stereocenters. The average molecular weight is 351 g/mol. The Labute approximate surface area is 151 Å². The van der Waals surface area contributed by atoms with Crippen LogP contribution in [0.1, 0.15) is 19.5 Å². The van der Waals surface area contributed by atoms with Gasteiger partial charge >= 0.3 is 0 Å². The fourth-order valence-electron chi connectivity index (χ4n) is 3.58. The minimum Gasteiger partial charge on any atom is -0.298 e. The van der Waals surface area contributed by atoms with Gasteiger partial charge in [-0.2, -0.15) is 0 Å². The Morgan fingerprint density at radius 3 is 2.76 bits per heavy atom. The number of fused-ring (bicyclic) bond motifs is 1. The topological polar surface area (TPSA) is 46.1 Å². The predicted octanol–water partition coefficient (Wildman–Crippen LogP) is 3.81. The van der Waals surface area contributed by atoms with E-state index < -0.39 is 0 Å². The first-order valence-corrected chi connectivity index (χ1v) is 9.38. The number of ketones is 1. The molecule has 0 spiro atoms. The number of aromatic nitrogens is 2. The summed E-state index contributed by atoms with van der Waals surface area (Å²) < 4.78 is 0. The largest absolute Gasteiger partial charge is 0.298 e. The molecule has 1 aromatic carbocycles. The van der Waals surface area contributed by atoms with E-state index >= 15 is 0 Å². The van der Waals surface area contributed by atoms with Crippen LogP contribution in [0.2, 0.25) is 0 Å². The fraction of sp³-hybridized carbons (Fsp3) is 0.350. The number of hydrogen-bond donors (Lipinski definition) is 0. The lowest BCUT2D eigenvalue weighted by molar-refractivity contribution is -0.122. The van der Waals surface area contributed by atoms with Crippen molar-refractivity contribution >= 4 is 27.9 Å². The molecule has 0 saturated carbocycles. The van der Waals surface area contributed by atoms with Gasteiger partial charge in [0.1, 0.15) is 0 Å². The molecular formula is C20H21N3OS. The van der Waals surface area contributed by atoms with E-state index in [1.54, 1.807) is 11.3 Å². The van der Waals surface area contributed by atoms with Crippen molar-refractivity contribution in [3.05, 3.63) is 47.9 Å². The highest BCUT2D eigenvalue weighted by molar-refractivity contribution is 7.13. The Morgan fingerprint density at radius 2 is 2.04 bits per heavy atom. The van der Waals surface area contributed by atoms with Crippen LogP contribution in [-0.2, 0) is 11.2 Å². The van der Waals surface area contributed by atoms with Gasteiger partial charge in [-0.25, -0.2) is 0 Å². The number of benzene rings is 1. The lowest BCUT2D eigenvalue weighted by Gasteiger charge is -2.45. The van der Waals surface area contributed by atoms with Crippen molar-refractivity contribution in [1.82, 2.24) is 14.9 Å². The van der Waals surface area contributed by atoms with Gasteiger partial charge < -0.3 is 0 Å². The maximum Gasteiger partial charge on any atom is 0.152 e. The van der Waals surface area contributed by atoms with Crippen molar-refractivity contribution in [2.75, 3.05) is 19.6 Å². The van der Waals surface area contributed by atoms with E-state index in [0.29, 0.717) is 18.4 Å². The number of pyridine rings is 1. The molecule has 2 aromatic heterocycles. The summed E-state index contributed by atoms with van der Waals surface area (Å²) in [6, 6.07) is 8.35. The van der Waals surface area contributed by atoms with Crippen LogP contribution in [0.4, 0.5) is 0 Å². The molecule has 25 heavy (non-hydrogen) atoms. The molecule has 0 N–H and O–H groups in total. The molecule has 0 bridgehead atoms. The summed E-state index contributed by atoms with van der Waals surface area (Å²) in [7, 11) is 0. The summed E-state index contributed by atoms with van der Waals surface area (Å²) >= 11 is 1.63. The first-order valence-electron chi connectivity index (χ1n) is 8.50. The summed E-state index contributed by atoms with van der Waals surface area (Å²) in [6.07, 6.45) is 4.14. The SMILES string of the molecule is CC1(C)CN(CC(=O)Cc2cc3cc(-c4cncs4)ccc3cn2)C1. The van der Waals surface area contributed by atoms with Gasteiger partial charge in [-0.15, -0.1) is 11.3 Å². The van der Waals surface area contributed by atoms with E-state index in [0.717, 1.165) is 40.0 Å².